The number of anilines is 2. The van der Waals surface area contributed by atoms with E-state index in [0.29, 0.717) is 17.9 Å². The van der Waals surface area contributed by atoms with E-state index in [9.17, 15) is 4.79 Å². The maximum atomic E-state index is 13.1. The molecule has 164 valence electrons. The molecule has 2 heterocycles. The number of benzene rings is 1. The van der Waals surface area contributed by atoms with E-state index in [2.05, 4.69) is 38.7 Å². The van der Waals surface area contributed by atoms with Gasteiger partial charge < -0.3 is 15.5 Å². The van der Waals surface area contributed by atoms with Crippen LogP contribution >= 0.6 is 0 Å². The average molecular weight is 428 g/mol. The molecule has 1 aliphatic carbocycles. The van der Waals surface area contributed by atoms with Gasteiger partial charge in [-0.25, -0.2) is 4.98 Å². The summed E-state index contributed by atoms with van der Waals surface area (Å²) >= 11 is 0. The third-order valence-electron chi connectivity index (χ3n) is 5.93. The number of pyridine rings is 1. The van der Waals surface area contributed by atoms with Crippen LogP contribution in [0.15, 0.2) is 66.4 Å². The number of carbonyl (C=O) groups excluding carboxylic acids is 1. The number of aromatic nitrogens is 1. The minimum absolute atomic E-state index is 0.107. The summed E-state index contributed by atoms with van der Waals surface area (Å²) < 4.78 is 0. The molecule has 1 unspecified atom stereocenters. The minimum atomic E-state index is -0.440. The van der Waals surface area contributed by atoms with E-state index in [1.54, 1.807) is 0 Å². The summed E-state index contributed by atoms with van der Waals surface area (Å²) in [5.41, 5.74) is 3.88. The van der Waals surface area contributed by atoms with Crippen LogP contribution in [0.3, 0.4) is 0 Å². The van der Waals surface area contributed by atoms with Gasteiger partial charge in [0.1, 0.15) is 11.9 Å². The van der Waals surface area contributed by atoms with Crippen molar-refractivity contribution in [2.24, 2.45) is 0 Å². The molecule has 1 amide bonds. The molecule has 6 nitrogen and oxygen atoms in total. The van der Waals surface area contributed by atoms with Gasteiger partial charge in [0.15, 0.2) is 0 Å². The van der Waals surface area contributed by atoms with Crippen molar-refractivity contribution in [2.75, 3.05) is 29.9 Å². The van der Waals surface area contributed by atoms with Gasteiger partial charge in [-0.2, -0.15) is 5.26 Å². The molecule has 1 aromatic carbocycles. The first-order valence-corrected chi connectivity index (χ1v) is 11.3. The third-order valence-corrected chi connectivity index (χ3v) is 5.93. The number of nitriles is 1. The molecule has 1 fully saturated rings. The zero-order valence-electron chi connectivity index (χ0n) is 18.3. The van der Waals surface area contributed by atoms with E-state index in [1.165, 1.54) is 12.8 Å². The molecule has 2 aromatic rings. The van der Waals surface area contributed by atoms with E-state index in [4.69, 9.17) is 5.26 Å². The van der Waals surface area contributed by atoms with Crippen LogP contribution < -0.4 is 15.5 Å². The molecule has 32 heavy (non-hydrogen) atoms. The van der Waals surface area contributed by atoms with Gasteiger partial charge in [-0.3, -0.25) is 4.79 Å². The second kappa shape index (κ2) is 10.7. The Morgan fingerprint density at radius 3 is 2.59 bits per heavy atom. The van der Waals surface area contributed by atoms with Crippen LogP contribution in [0.4, 0.5) is 11.5 Å². The Kier molecular flexibility index (Phi) is 7.31. The highest BCUT2D eigenvalue weighted by atomic mass is 16.2. The zero-order valence-corrected chi connectivity index (χ0v) is 18.3. The number of nitrogens with one attached hydrogen (secondary N) is 2. The van der Waals surface area contributed by atoms with Crippen LogP contribution in [-0.2, 0) is 11.2 Å². The molecule has 2 aliphatic rings. The molecule has 0 spiro atoms. The van der Waals surface area contributed by atoms with Crippen molar-refractivity contribution >= 4 is 17.4 Å². The summed E-state index contributed by atoms with van der Waals surface area (Å²) in [6.45, 7) is 2.79. The summed E-state index contributed by atoms with van der Waals surface area (Å²) in [6.07, 6.45) is 13.3. The number of hydrogen-bond donors (Lipinski definition) is 2. The second-order valence-electron chi connectivity index (χ2n) is 8.21. The molecule has 0 bridgehead atoms. The Hall–Kier alpha value is -3.43. The first-order valence-electron chi connectivity index (χ1n) is 11.3. The topological polar surface area (TPSA) is 81.0 Å². The van der Waals surface area contributed by atoms with Gasteiger partial charge in [-0.1, -0.05) is 30.4 Å². The second-order valence-corrected chi connectivity index (χ2v) is 8.21. The number of amides is 1. The van der Waals surface area contributed by atoms with Crippen LogP contribution in [0, 0.1) is 11.3 Å². The highest BCUT2D eigenvalue weighted by molar-refractivity contribution is 5.96. The fourth-order valence-electron chi connectivity index (χ4n) is 4.14. The monoisotopic (exact) mass is 427 g/mol. The van der Waals surface area contributed by atoms with Crippen molar-refractivity contribution in [3.63, 3.8) is 0 Å². The van der Waals surface area contributed by atoms with Crippen LogP contribution in [0.1, 0.15) is 36.8 Å². The molecule has 6 heteroatoms. The summed E-state index contributed by atoms with van der Waals surface area (Å²) in [7, 11) is 0. The van der Waals surface area contributed by atoms with Crippen LogP contribution in [0.25, 0.3) is 0 Å². The van der Waals surface area contributed by atoms with Crippen molar-refractivity contribution in [1.82, 2.24) is 10.3 Å². The van der Waals surface area contributed by atoms with Crippen molar-refractivity contribution < 1.29 is 4.79 Å². The van der Waals surface area contributed by atoms with Gasteiger partial charge in [0, 0.05) is 19.6 Å². The van der Waals surface area contributed by atoms with E-state index in [0.717, 1.165) is 49.2 Å². The summed E-state index contributed by atoms with van der Waals surface area (Å²) in [6, 6.07) is 13.2. The molecule has 2 N–H and O–H groups in total. The average Bonchev–Trinajstić information content (AvgIpc) is 3.38. The molecular formula is C26H29N5O. The fourth-order valence-corrected chi connectivity index (χ4v) is 4.14. The van der Waals surface area contributed by atoms with E-state index < -0.39 is 6.04 Å². The lowest BCUT2D eigenvalue weighted by Crippen LogP contribution is -2.43. The molecule has 1 aromatic heterocycles. The van der Waals surface area contributed by atoms with Gasteiger partial charge in [0.05, 0.1) is 23.5 Å². The van der Waals surface area contributed by atoms with E-state index >= 15 is 0 Å². The van der Waals surface area contributed by atoms with Crippen molar-refractivity contribution in [3.8, 4) is 6.07 Å². The van der Waals surface area contributed by atoms with Crippen molar-refractivity contribution in [3.05, 3.63) is 77.5 Å². The number of allylic oxidation sites excluding steroid dienone is 2. The normalized spacial score (nSPS) is 16.3. The third kappa shape index (κ3) is 5.63. The van der Waals surface area contributed by atoms with E-state index in [1.807, 2.05) is 48.7 Å². The SMILES string of the molecule is N#Cc1ccc(CCNC(C(=O)Nc2ccc(N3CCCC3)cn2)C2=CCCC=C2)cc1. The minimum Gasteiger partial charge on any atom is -0.370 e. The highest BCUT2D eigenvalue weighted by Crippen LogP contribution is 2.21. The maximum absolute atomic E-state index is 13.1. The summed E-state index contributed by atoms with van der Waals surface area (Å²) in [4.78, 5) is 19.9. The molecule has 0 saturated carbocycles. The first kappa shape index (κ1) is 21.8. The molecule has 1 saturated heterocycles. The van der Waals surface area contributed by atoms with Gasteiger partial charge in [-0.15, -0.1) is 0 Å². The lowest BCUT2D eigenvalue weighted by atomic mass is 9.99. The molecule has 4 rings (SSSR count). The Morgan fingerprint density at radius 1 is 1.12 bits per heavy atom. The Balaban J connectivity index is 1.39. The quantitative estimate of drug-likeness (QED) is 0.666. The molecule has 0 radical (unpaired) electrons. The van der Waals surface area contributed by atoms with Crippen molar-refractivity contribution in [2.45, 2.75) is 38.1 Å². The van der Waals surface area contributed by atoms with Crippen LogP contribution in [-0.4, -0.2) is 36.6 Å². The Morgan fingerprint density at radius 2 is 1.94 bits per heavy atom. The lowest BCUT2D eigenvalue weighted by molar-refractivity contribution is -0.117. The first-order chi connectivity index (χ1) is 15.7. The van der Waals surface area contributed by atoms with Gasteiger partial charge >= 0.3 is 0 Å². The maximum Gasteiger partial charge on any atom is 0.247 e. The Bertz CT molecular complexity index is 1010. The Labute approximate surface area is 189 Å². The predicted molar refractivity (Wildman–Crippen MR) is 127 cm³/mol. The smallest absolute Gasteiger partial charge is 0.247 e. The molecular weight excluding hydrogens is 398 g/mol. The number of carbonyl (C=O) groups is 1. The molecule has 1 aliphatic heterocycles. The number of rotatable bonds is 8. The van der Waals surface area contributed by atoms with Gasteiger partial charge in [0.2, 0.25) is 5.91 Å². The van der Waals surface area contributed by atoms with Crippen molar-refractivity contribution in [1.29, 1.82) is 5.26 Å². The van der Waals surface area contributed by atoms with Crippen LogP contribution in [0.2, 0.25) is 0 Å². The van der Waals surface area contributed by atoms with E-state index in [-0.39, 0.29) is 5.91 Å². The van der Waals surface area contributed by atoms with Crippen LogP contribution in [0.5, 0.6) is 0 Å². The summed E-state index contributed by atoms with van der Waals surface area (Å²) in [5.74, 6) is 0.460. The summed E-state index contributed by atoms with van der Waals surface area (Å²) in [5, 5.41) is 15.3. The fraction of sp³-hybridized carbons (Fsp3) is 0.346. The largest absolute Gasteiger partial charge is 0.370 e. The standard InChI is InChI=1S/C26H29N5O/c27-18-21-10-8-20(9-11-21)14-15-28-25(22-6-2-1-3-7-22)26(32)30-24-13-12-23(19-29-24)31-16-4-5-17-31/h2,6-13,19,25,28H,1,3-5,14-17H2,(H,29,30,32). The number of hydrogen-bond acceptors (Lipinski definition) is 5. The number of nitrogens with zero attached hydrogens (tertiary/aromatic N) is 3. The van der Waals surface area contributed by atoms with Gasteiger partial charge in [0.25, 0.3) is 0 Å². The highest BCUT2D eigenvalue weighted by Gasteiger charge is 2.22. The van der Waals surface area contributed by atoms with Gasteiger partial charge in [-0.05, 0) is 67.5 Å². The predicted octanol–water partition coefficient (Wildman–Crippen LogP) is 3.97. The lowest BCUT2D eigenvalue weighted by Gasteiger charge is -2.21. The zero-order chi connectivity index (χ0) is 22.2. The molecule has 1 atom stereocenters.